The number of aromatic nitrogens is 4. The van der Waals surface area contributed by atoms with E-state index in [0.717, 1.165) is 16.0 Å². The lowest BCUT2D eigenvalue weighted by atomic mass is 10.3. The molecule has 0 N–H and O–H groups in total. The number of hydrogen-bond acceptors (Lipinski definition) is 3. The first-order valence-electron chi connectivity index (χ1n) is 3.73. The molecule has 0 bridgehead atoms. The molecule has 0 aliphatic rings. The van der Waals surface area contributed by atoms with Gasteiger partial charge in [-0.15, -0.1) is 0 Å². The number of rotatable bonds is 1. The fourth-order valence-corrected chi connectivity index (χ4v) is 1.33. The van der Waals surface area contributed by atoms with Gasteiger partial charge in [0.05, 0.1) is 5.69 Å². The van der Waals surface area contributed by atoms with Gasteiger partial charge in [0.25, 0.3) is 0 Å². The van der Waals surface area contributed by atoms with Gasteiger partial charge in [0, 0.05) is 13.2 Å². The van der Waals surface area contributed by atoms with Crippen molar-refractivity contribution >= 4 is 15.9 Å². The lowest BCUT2D eigenvalue weighted by Crippen LogP contribution is -1.90. The Morgan fingerprint density at radius 2 is 2.15 bits per heavy atom. The zero-order valence-electron chi connectivity index (χ0n) is 6.98. The molecular formula is C8H7BrN4. The van der Waals surface area contributed by atoms with E-state index < -0.39 is 0 Å². The Kier molecular flexibility index (Phi) is 2.10. The average molecular weight is 239 g/mol. The average Bonchev–Trinajstić information content (AvgIpc) is 2.52. The van der Waals surface area contributed by atoms with Crippen molar-refractivity contribution in [3.05, 3.63) is 29.3 Å². The zero-order valence-corrected chi connectivity index (χ0v) is 8.56. The molecule has 0 fully saturated rings. The molecule has 2 heterocycles. The first kappa shape index (κ1) is 8.37. The molecule has 4 nitrogen and oxygen atoms in total. The van der Waals surface area contributed by atoms with Crippen LogP contribution < -0.4 is 0 Å². The van der Waals surface area contributed by atoms with Crippen molar-refractivity contribution in [3.63, 3.8) is 0 Å². The van der Waals surface area contributed by atoms with Crippen molar-refractivity contribution in [2.75, 3.05) is 0 Å². The monoisotopic (exact) mass is 238 g/mol. The molecule has 0 aliphatic heterocycles. The Bertz CT molecular complexity index is 424. The van der Waals surface area contributed by atoms with Crippen molar-refractivity contribution in [2.45, 2.75) is 0 Å². The van der Waals surface area contributed by atoms with Crippen LogP contribution in [-0.4, -0.2) is 19.7 Å². The Labute approximate surface area is 83.8 Å². The van der Waals surface area contributed by atoms with Crippen molar-refractivity contribution in [1.82, 2.24) is 19.7 Å². The van der Waals surface area contributed by atoms with Crippen LogP contribution in [0.4, 0.5) is 0 Å². The van der Waals surface area contributed by atoms with Crippen LogP contribution in [0.25, 0.3) is 11.4 Å². The van der Waals surface area contributed by atoms with Crippen LogP contribution in [0.1, 0.15) is 0 Å². The van der Waals surface area contributed by atoms with Gasteiger partial charge in [-0.1, -0.05) is 0 Å². The molecule has 0 saturated carbocycles. The summed E-state index contributed by atoms with van der Waals surface area (Å²) < 4.78 is 2.51. The molecule has 0 spiro atoms. The van der Waals surface area contributed by atoms with Crippen molar-refractivity contribution in [2.24, 2.45) is 7.05 Å². The lowest BCUT2D eigenvalue weighted by Gasteiger charge is -1.94. The molecule has 5 heteroatoms. The molecule has 0 atom stereocenters. The van der Waals surface area contributed by atoms with Gasteiger partial charge in [0.2, 0.25) is 0 Å². The maximum Gasteiger partial charge on any atom is 0.117 e. The molecule has 0 saturated heterocycles. The summed E-state index contributed by atoms with van der Waals surface area (Å²) in [5.41, 5.74) is 1.67. The minimum Gasteiger partial charge on any atom is -0.275 e. The fraction of sp³-hybridized carbons (Fsp3) is 0.125. The highest BCUT2D eigenvalue weighted by Gasteiger charge is 2.02. The van der Waals surface area contributed by atoms with Gasteiger partial charge < -0.3 is 0 Å². The van der Waals surface area contributed by atoms with E-state index in [9.17, 15) is 0 Å². The molecule has 0 radical (unpaired) electrons. The number of hydrogen-bond donors (Lipinski definition) is 0. The van der Waals surface area contributed by atoms with Crippen LogP contribution in [-0.2, 0) is 7.05 Å². The first-order valence-corrected chi connectivity index (χ1v) is 4.52. The van der Waals surface area contributed by atoms with Crippen molar-refractivity contribution < 1.29 is 0 Å². The summed E-state index contributed by atoms with van der Waals surface area (Å²) in [4.78, 5) is 8.05. The highest BCUT2D eigenvalue weighted by atomic mass is 79.9. The Morgan fingerprint density at radius 1 is 1.31 bits per heavy atom. The Morgan fingerprint density at radius 3 is 2.77 bits per heavy atom. The second-order valence-corrected chi connectivity index (χ2v) is 3.41. The largest absolute Gasteiger partial charge is 0.275 e. The molecule has 0 aromatic carbocycles. The number of nitrogens with zero attached hydrogens (tertiary/aromatic N) is 4. The third kappa shape index (κ3) is 1.75. The summed E-state index contributed by atoms with van der Waals surface area (Å²) in [6.07, 6.45) is 3.39. The maximum atomic E-state index is 4.23. The number of aryl methyl sites for hydroxylation is 1. The molecule has 66 valence electrons. The van der Waals surface area contributed by atoms with E-state index in [0.29, 0.717) is 0 Å². The van der Waals surface area contributed by atoms with Crippen molar-refractivity contribution in [1.29, 1.82) is 0 Å². The third-order valence-electron chi connectivity index (χ3n) is 1.61. The minimum absolute atomic E-state index is 0.767. The topological polar surface area (TPSA) is 43.6 Å². The summed E-state index contributed by atoms with van der Waals surface area (Å²) in [7, 11) is 1.87. The highest BCUT2D eigenvalue weighted by Crippen LogP contribution is 2.15. The van der Waals surface area contributed by atoms with E-state index in [4.69, 9.17) is 0 Å². The quantitative estimate of drug-likeness (QED) is 0.710. The van der Waals surface area contributed by atoms with Crippen molar-refractivity contribution in [3.8, 4) is 11.4 Å². The van der Waals surface area contributed by atoms with Crippen LogP contribution >= 0.6 is 15.9 Å². The van der Waals surface area contributed by atoms with E-state index in [-0.39, 0.29) is 0 Å². The summed E-state index contributed by atoms with van der Waals surface area (Å²) >= 11 is 3.28. The summed E-state index contributed by atoms with van der Waals surface area (Å²) in [6.45, 7) is 0. The molecule has 0 aliphatic carbocycles. The van der Waals surface area contributed by atoms with Gasteiger partial charge in [0.15, 0.2) is 0 Å². The standard InChI is InChI=1S/C8H7BrN4/c1-13-3-2-6(12-13)7-4-8(9)11-5-10-7/h2-5H,1H3. The van der Waals surface area contributed by atoms with Gasteiger partial charge in [-0.25, -0.2) is 9.97 Å². The zero-order chi connectivity index (χ0) is 9.26. The Balaban J connectivity index is 2.46. The van der Waals surface area contributed by atoms with Gasteiger partial charge in [-0.05, 0) is 28.1 Å². The summed E-state index contributed by atoms with van der Waals surface area (Å²) in [5, 5.41) is 4.23. The highest BCUT2D eigenvalue weighted by molar-refractivity contribution is 9.10. The Hall–Kier alpha value is -1.23. The molecule has 13 heavy (non-hydrogen) atoms. The van der Waals surface area contributed by atoms with E-state index in [1.807, 2.05) is 25.4 Å². The minimum atomic E-state index is 0.767. The molecule has 0 amide bonds. The van der Waals surface area contributed by atoms with Crippen LogP contribution in [0.2, 0.25) is 0 Å². The van der Waals surface area contributed by atoms with E-state index in [2.05, 4.69) is 31.0 Å². The summed E-state index contributed by atoms with van der Waals surface area (Å²) in [6, 6.07) is 3.75. The van der Waals surface area contributed by atoms with Crippen LogP contribution in [0.3, 0.4) is 0 Å². The van der Waals surface area contributed by atoms with Gasteiger partial charge in [0.1, 0.15) is 16.6 Å². The SMILES string of the molecule is Cn1ccc(-c2cc(Br)ncn2)n1. The maximum absolute atomic E-state index is 4.23. The van der Waals surface area contributed by atoms with Gasteiger partial charge in [-0.3, -0.25) is 4.68 Å². The molecular weight excluding hydrogens is 232 g/mol. The van der Waals surface area contributed by atoms with E-state index in [1.165, 1.54) is 6.33 Å². The molecule has 2 rings (SSSR count). The van der Waals surface area contributed by atoms with Crippen LogP contribution in [0.15, 0.2) is 29.3 Å². The number of halogens is 1. The molecule has 2 aromatic heterocycles. The van der Waals surface area contributed by atoms with Gasteiger partial charge in [-0.2, -0.15) is 5.10 Å². The fourth-order valence-electron chi connectivity index (χ4n) is 1.03. The molecule has 2 aromatic rings. The predicted molar refractivity (Wildman–Crippen MR) is 51.9 cm³/mol. The van der Waals surface area contributed by atoms with Crippen LogP contribution in [0.5, 0.6) is 0 Å². The van der Waals surface area contributed by atoms with E-state index >= 15 is 0 Å². The normalized spacial score (nSPS) is 10.3. The second-order valence-electron chi connectivity index (χ2n) is 2.60. The molecule has 0 unspecified atom stereocenters. The lowest BCUT2D eigenvalue weighted by molar-refractivity contribution is 0.769. The first-order chi connectivity index (χ1) is 6.25. The predicted octanol–water partition coefficient (Wildman–Crippen LogP) is 1.64. The van der Waals surface area contributed by atoms with Gasteiger partial charge >= 0.3 is 0 Å². The summed E-state index contributed by atoms with van der Waals surface area (Å²) in [5.74, 6) is 0. The second kappa shape index (κ2) is 3.26. The van der Waals surface area contributed by atoms with E-state index in [1.54, 1.807) is 4.68 Å². The third-order valence-corrected chi connectivity index (χ3v) is 2.04. The van der Waals surface area contributed by atoms with Crippen LogP contribution in [0, 0.1) is 0 Å². The smallest absolute Gasteiger partial charge is 0.117 e.